The summed E-state index contributed by atoms with van der Waals surface area (Å²) in [6, 6.07) is 8.49. The zero-order valence-electron chi connectivity index (χ0n) is 12.3. The lowest BCUT2D eigenvalue weighted by atomic mass is 9.88. The van der Waals surface area contributed by atoms with Crippen LogP contribution in [0, 0.1) is 0 Å². The number of hydrogen-bond donors (Lipinski definition) is 1. The molecule has 22 heavy (non-hydrogen) atoms. The normalized spacial score (nSPS) is 19.0. The summed E-state index contributed by atoms with van der Waals surface area (Å²) in [5, 5.41) is 2.27. The van der Waals surface area contributed by atoms with Gasteiger partial charge in [-0.3, -0.25) is 5.32 Å². The van der Waals surface area contributed by atoms with E-state index in [0.717, 1.165) is 0 Å². The zero-order chi connectivity index (χ0) is 16.2. The second kappa shape index (κ2) is 6.46. The van der Waals surface area contributed by atoms with Crippen LogP contribution in [0.2, 0.25) is 0 Å². The van der Waals surface area contributed by atoms with Gasteiger partial charge >= 0.3 is 18.0 Å². The molecule has 1 aromatic carbocycles. The number of amides is 1. The van der Waals surface area contributed by atoms with Gasteiger partial charge in [0.15, 0.2) is 6.10 Å². The molecule has 2 rings (SSSR count). The van der Waals surface area contributed by atoms with Crippen LogP contribution in [0.3, 0.4) is 0 Å². The molecule has 1 aliphatic rings. The Hall–Kier alpha value is -2.57. The first-order chi connectivity index (χ1) is 10.6. The Balaban J connectivity index is 2.50. The van der Waals surface area contributed by atoms with E-state index in [1.165, 1.54) is 0 Å². The Morgan fingerprint density at radius 3 is 2.18 bits per heavy atom. The van der Waals surface area contributed by atoms with Crippen LogP contribution < -0.4 is 5.32 Å². The highest BCUT2D eigenvalue weighted by atomic mass is 16.6. The number of ether oxygens (including phenoxy) is 3. The zero-order valence-corrected chi connectivity index (χ0v) is 12.3. The van der Waals surface area contributed by atoms with Gasteiger partial charge in [0.05, 0.1) is 13.2 Å². The number of benzene rings is 1. The fourth-order valence-corrected chi connectivity index (χ4v) is 2.29. The summed E-state index contributed by atoms with van der Waals surface area (Å²) in [5.74, 6) is -1.82. The van der Waals surface area contributed by atoms with E-state index in [0.29, 0.717) is 5.56 Å². The van der Waals surface area contributed by atoms with Gasteiger partial charge in [-0.05, 0) is 19.4 Å². The van der Waals surface area contributed by atoms with Crippen LogP contribution in [-0.2, 0) is 23.8 Å². The SMILES string of the molecule is CCOC(=O)C1(C(=O)OCC)NC(=O)O[C@H]1c1ccccc1. The van der Waals surface area contributed by atoms with Crippen LogP contribution in [-0.4, -0.2) is 36.8 Å². The lowest BCUT2D eigenvalue weighted by Gasteiger charge is -2.27. The molecule has 0 unspecified atom stereocenters. The van der Waals surface area contributed by atoms with E-state index in [2.05, 4.69) is 5.32 Å². The highest BCUT2D eigenvalue weighted by Gasteiger charge is 2.63. The van der Waals surface area contributed by atoms with Gasteiger partial charge in [-0.1, -0.05) is 30.3 Å². The summed E-state index contributed by atoms with van der Waals surface area (Å²) in [5.41, 5.74) is -1.55. The van der Waals surface area contributed by atoms with E-state index in [9.17, 15) is 14.4 Å². The average molecular weight is 307 g/mol. The van der Waals surface area contributed by atoms with E-state index in [1.54, 1.807) is 44.2 Å². The predicted octanol–water partition coefficient (Wildman–Crippen LogP) is 1.33. The van der Waals surface area contributed by atoms with Crippen molar-refractivity contribution in [2.75, 3.05) is 13.2 Å². The van der Waals surface area contributed by atoms with Crippen LogP contribution in [0.4, 0.5) is 4.79 Å². The first kappa shape index (κ1) is 15.8. The number of esters is 2. The first-order valence-electron chi connectivity index (χ1n) is 6.94. The first-order valence-corrected chi connectivity index (χ1v) is 6.94. The Bertz CT molecular complexity index is 553. The quantitative estimate of drug-likeness (QED) is 0.501. The molecule has 1 aromatic rings. The summed E-state index contributed by atoms with van der Waals surface area (Å²) in [6.45, 7) is 3.31. The number of rotatable bonds is 5. The minimum absolute atomic E-state index is 0.0529. The summed E-state index contributed by atoms with van der Waals surface area (Å²) < 4.78 is 15.1. The van der Waals surface area contributed by atoms with Crippen molar-refractivity contribution in [3.05, 3.63) is 35.9 Å². The number of carbonyl (C=O) groups is 3. The molecule has 0 aromatic heterocycles. The second-order valence-electron chi connectivity index (χ2n) is 4.57. The molecule has 7 nitrogen and oxygen atoms in total. The fourth-order valence-electron chi connectivity index (χ4n) is 2.29. The summed E-state index contributed by atoms with van der Waals surface area (Å²) in [6.07, 6.45) is -2.03. The minimum Gasteiger partial charge on any atom is -0.464 e. The van der Waals surface area contributed by atoms with Crippen molar-refractivity contribution in [3.63, 3.8) is 0 Å². The van der Waals surface area contributed by atoms with Crippen molar-refractivity contribution in [2.45, 2.75) is 25.5 Å². The van der Waals surface area contributed by atoms with Crippen molar-refractivity contribution in [3.8, 4) is 0 Å². The molecule has 1 fully saturated rings. The molecule has 0 spiro atoms. The van der Waals surface area contributed by atoms with Crippen molar-refractivity contribution >= 4 is 18.0 Å². The van der Waals surface area contributed by atoms with Gasteiger partial charge < -0.3 is 14.2 Å². The Morgan fingerprint density at radius 1 is 1.14 bits per heavy atom. The lowest BCUT2D eigenvalue weighted by Crippen LogP contribution is -2.59. The number of carbonyl (C=O) groups excluding carboxylic acids is 3. The molecule has 1 aliphatic heterocycles. The Labute approximate surface area is 127 Å². The maximum absolute atomic E-state index is 12.4. The summed E-state index contributed by atoms with van der Waals surface area (Å²) in [7, 11) is 0. The van der Waals surface area contributed by atoms with Gasteiger partial charge in [0.2, 0.25) is 0 Å². The van der Waals surface area contributed by atoms with Crippen LogP contribution in [0.5, 0.6) is 0 Å². The van der Waals surface area contributed by atoms with Crippen molar-refractivity contribution in [1.29, 1.82) is 0 Å². The molecule has 1 atom stereocenters. The highest BCUT2D eigenvalue weighted by Crippen LogP contribution is 2.37. The van der Waals surface area contributed by atoms with E-state index in [4.69, 9.17) is 14.2 Å². The van der Waals surface area contributed by atoms with E-state index < -0.39 is 29.7 Å². The average Bonchev–Trinajstić information content (AvgIpc) is 2.87. The largest absolute Gasteiger partial charge is 0.464 e. The molecule has 7 heteroatoms. The van der Waals surface area contributed by atoms with Gasteiger partial charge in [0.1, 0.15) is 0 Å². The van der Waals surface area contributed by atoms with Gasteiger partial charge in [0.25, 0.3) is 5.54 Å². The van der Waals surface area contributed by atoms with Crippen molar-refractivity contribution in [2.24, 2.45) is 0 Å². The number of alkyl carbamates (subject to hydrolysis) is 1. The molecule has 0 aliphatic carbocycles. The smallest absolute Gasteiger partial charge is 0.409 e. The van der Waals surface area contributed by atoms with E-state index in [1.807, 2.05) is 0 Å². The highest BCUT2D eigenvalue weighted by molar-refractivity contribution is 6.09. The molecular formula is C15H17NO6. The molecular weight excluding hydrogens is 290 g/mol. The standard InChI is InChI=1S/C15H17NO6/c1-3-20-12(17)15(13(18)21-4-2)11(22-14(19)16-15)10-8-6-5-7-9-10/h5-9,11H,3-4H2,1-2H3,(H,16,19)/t11-/m0/s1. The van der Waals surface area contributed by atoms with Gasteiger partial charge in [-0.25, -0.2) is 14.4 Å². The second-order valence-corrected chi connectivity index (χ2v) is 4.57. The molecule has 1 saturated heterocycles. The molecule has 0 bridgehead atoms. The van der Waals surface area contributed by atoms with Gasteiger partial charge in [-0.2, -0.15) is 0 Å². The number of hydrogen-bond acceptors (Lipinski definition) is 6. The number of nitrogens with one attached hydrogen (secondary N) is 1. The molecule has 1 amide bonds. The van der Waals surface area contributed by atoms with Crippen LogP contribution in [0.1, 0.15) is 25.5 Å². The number of cyclic esters (lactones) is 1. The van der Waals surface area contributed by atoms with E-state index >= 15 is 0 Å². The van der Waals surface area contributed by atoms with Crippen molar-refractivity contribution < 1.29 is 28.6 Å². The fraction of sp³-hybridized carbons (Fsp3) is 0.400. The molecule has 118 valence electrons. The van der Waals surface area contributed by atoms with Gasteiger partial charge in [-0.15, -0.1) is 0 Å². The summed E-state index contributed by atoms with van der Waals surface area (Å²) in [4.78, 5) is 36.5. The van der Waals surface area contributed by atoms with Crippen LogP contribution in [0.15, 0.2) is 30.3 Å². The van der Waals surface area contributed by atoms with Crippen LogP contribution >= 0.6 is 0 Å². The molecule has 1 heterocycles. The lowest BCUT2D eigenvalue weighted by molar-refractivity contribution is -0.168. The molecule has 0 radical (unpaired) electrons. The van der Waals surface area contributed by atoms with E-state index in [-0.39, 0.29) is 13.2 Å². The minimum atomic E-state index is -2.04. The third-order valence-corrected chi connectivity index (χ3v) is 3.21. The monoisotopic (exact) mass is 307 g/mol. The third-order valence-electron chi connectivity index (χ3n) is 3.21. The maximum Gasteiger partial charge on any atom is 0.409 e. The Morgan fingerprint density at radius 2 is 1.68 bits per heavy atom. The Kier molecular flexibility index (Phi) is 4.65. The van der Waals surface area contributed by atoms with Crippen LogP contribution in [0.25, 0.3) is 0 Å². The van der Waals surface area contributed by atoms with Gasteiger partial charge in [0, 0.05) is 0 Å². The molecule has 0 saturated carbocycles. The maximum atomic E-state index is 12.4. The third kappa shape index (κ3) is 2.61. The molecule has 1 N–H and O–H groups in total. The summed E-state index contributed by atoms with van der Waals surface area (Å²) >= 11 is 0. The predicted molar refractivity (Wildman–Crippen MR) is 74.8 cm³/mol. The topological polar surface area (TPSA) is 90.9 Å². The van der Waals surface area contributed by atoms with Crippen molar-refractivity contribution in [1.82, 2.24) is 5.32 Å².